The van der Waals surface area contributed by atoms with Gasteiger partial charge in [0.25, 0.3) is 5.91 Å². The molecule has 0 saturated heterocycles. The number of nitrogens with one attached hydrogen (secondary N) is 2. The smallest absolute Gasteiger partial charge is 0.411 e. The van der Waals surface area contributed by atoms with Gasteiger partial charge in [0.15, 0.2) is 0 Å². The number of ether oxygens (including phenoxy) is 2. The number of amides is 2. The van der Waals surface area contributed by atoms with Crippen LogP contribution in [0.1, 0.15) is 26.8 Å². The average molecular weight is 523 g/mol. The lowest BCUT2D eigenvalue weighted by atomic mass is 10.0. The van der Waals surface area contributed by atoms with E-state index >= 15 is 0 Å². The molecule has 37 heavy (non-hydrogen) atoms. The summed E-state index contributed by atoms with van der Waals surface area (Å²) in [5.41, 5.74) is 2.68. The molecule has 2 N–H and O–H groups in total. The molecular formula is C28H24F2N2O4S. The maximum Gasteiger partial charge on any atom is 0.411 e. The van der Waals surface area contributed by atoms with Gasteiger partial charge in [-0.1, -0.05) is 42.5 Å². The Morgan fingerprint density at radius 3 is 2.22 bits per heavy atom. The molecule has 1 atom stereocenters. The molecule has 0 saturated carbocycles. The van der Waals surface area contributed by atoms with Crippen molar-refractivity contribution in [3.63, 3.8) is 0 Å². The highest BCUT2D eigenvalue weighted by molar-refractivity contribution is 7.10. The average Bonchev–Trinajstić information content (AvgIpc) is 3.39. The third-order valence-electron chi connectivity index (χ3n) is 5.68. The van der Waals surface area contributed by atoms with Crippen LogP contribution in [0.25, 0.3) is 11.1 Å². The highest BCUT2D eigenvalue weighted by atomic mass is 32.1. The van der Waals surface area contributed by atoms with Crippen LogP contribution in [-0.2, 0) is 11.2 Å². The van der Waals surface area contributed by atoms with Crippen molar-refractivity contribution in [1.82, 2.24) is 5.32 Å². The van der Waals surface area contributed by atoms with E-state index in [4.69, 9.17) is 4.74 Å². The van der Waals surface area contributed by atoms with Gasteiger partial charge in [0, 0.05) is 22.7 Å². The maximum atomic E-state index is 14.6. The van der Waals surface area contributed by atoms with Crippen molar-refractivity contribution in [3.05, 3.63) is 106 Å². The molecular weight excluding hydrogens is 498 g/mol. The molecule has 0 aliphatic carbocycles. The first kappa shape index (κ1) is 25.8. The minimum Gasteiger partial charge on any atom is -0.497 e. The molecule has 0 aliphatic heterocycles. The van der Waals surface area contributed by atoms with Crippen LogP contribution in [0.2, 0.25) is 0 Å². The summed E-state index contributed by atoms with van der Waals surface area (Å²) in [5.74, 6) is -2.87. The van der Waals surface area contributed by atoms with Crippen molar-refractivity contribution in [2.24, 2.45) is 0 Å². The Bertz CT molecular complexity index is 1370. The first-order chi connectivity index (χ1) is 17.9. The van der Waals surface area contributed by atoms with Crippen molar-refractivity contribution < 1.29 is 27.8 Å². The van der Waals surface area contributed by atoms with E-state index in [0.29, 0.717) is 12.1 Å². The van der Waals surface area contributed by atoms with E-state index in [9.17, 15) is 18.4 Å². The Kier molecular flexibility index (Phi) is 8.15. The minimum atomic E-state index is -1.000. The Labute approximate surface area is 216 Å². The molecule has 6 nitrogen and oxygen atoms in total. The third-order valence-corrected chi connectivity index (χ3v) is 6.73. The number of benzene rings is 3. The first-order valence-electron chi connectivity index (χ1n) is 11.3. The Hall–Kier alpha value is -4.24. The van der Waals surface area contributed by atoms with Crippen molar-refractivity contribution in [1.29, 1.82) is 0 Å². The summed E-state index contributed by atoms with van der Waals surface area (Å²) in [7, 11) is 2.58. The number of carbonyl (C=O) groups excluding carboxylic acids is 2. The second kappa shape index (κ2) is 11.7. The highest BCUT2D eigenvalue weighted by Gasteiger charge is 2.24. The topological polar surface area (TPSA) is 76.7 Å². The van der Waals surface area contributed by atoms with Gasteiger partial charge >= 0.3 is 6.09 Å². The van der Waals surface area contributed by atoms with Gasteiger partial charge in [-0.15, -0.1) is 11.3 Å². The lowest BCUT2D eigenvalue weighted by Gasteiger charge is -2.18. The van der Waals surface area contributed by atoms with Crippen LogP contribution in [0.3, 0.4) is 0 Å². The van der Waals surface area contributed by atoms with Gasteiger partial charge < -0.3 is 14.8 Å². The quantitative estimate of drug-likeness (QED) is 0.274. The normalized spacial score (nSPS) is 11.5. The molecule has 0 bridgehead atoms. The number of hydrogen-bond acceptors (Lipinski definition) is 5. The van der Waals surface area contributed by atoms with Crippen LogP contribution in [0, 0.1) is 11.6 Å². The van der Waals surface area contributed by atoms with Crippen LogP contribution >= 0.6 is 11.3 Å². The highest BCUT2D eigenvalue weighted by Crippen LogP contribution is 2.32. The van der Waals surface area contributed by atoms with Crippen LogP contribution < -0.4 is 15.4 Å². The number of anilines is 1. The summed E-state index contributed by atoms with van der Waals surface area (Å²) in [5, 5.41) is 7.35. The van der Waals surface area contributed by atoms with E-state index in [0.717, 1.165) is 33.7 Å². The maximum absolute atomic E-state index is 14.6. The molecule has 0 radical (unpaired) electrons. The van der Waals surface area contributed by atoms with Crippen molar-refractivity contribution >= 4 is 29.0 Å². The first-order valence-corrected chi connectivity index (χ1v) is 12.2. The number of methoxy groups -OCH3 is 2. The van der Waals surface area contributed by atoms with Crippen LogP contribution in [0.4, 0.5) is 19.3 Å². The van der Waals surface area contributed by atoms with Crippen LogP contribution in [0.5, 0.6) is 5.75 Å². The standard InChI is InChI=1S/C28H24F2N2O4S/c1-35-21-14-22(29)26(23(30)15-21)27(33)32-24(12-17-6-4-3-5-7-17)25-13-19(16-37-25)18-8-10-20(11-9-18)31-28(34)36-2/h3-11,13-16,24H,12H2,1-2H3,(H,31,34)(H,32,33)/t24-/m0/s1. The molecule has 1 heterocycles. The molecule has 0 aliphatic rings. The summed E-state index contributed by atoms with van der Waals surface area (Å²) < 4.78 is 38.6. The molecule has 0 unspecified atom stereocenters. The largest absolute Gasteiger partial charge is 0.497 e. The Morgan fingerprint density at radius 2 is 1.59 bits per heavy atom. The number of carbonyl (C=O) groups is 2. The predicted molar refractivity (Wildman–Crippen MR) is 139 cm³/mol. The molecule has 1 aromatic heterocycles. The van der Waals surface area contributed by atoms with E-state index in [1.807, 2.05) is 53.9 Å². The van der Waals surface area contributed by atoms with E-state index in [-0.39, 0.29) is 5.75 Å². The summed E-state index contributed by atoms with van der Waals surface area (Å²) in [6.07, 6.45) is -0.136. The summed E-state index contributed by atoms with van der Waals surface area (Å²) >= 11 is 1.43. The fourth-order valence-electron chi connectivity index (χ4n) is 3.79. The van der Waals surface area contributed by atoms with Gasteiger partial charge in [0.1, 0.15) is 22.9 Å². The zero-order chi connectivity index (χ0) is 26.4. The van der Waals surface area contributed by atoms with Gasteiger partial charge in [-0.25, -0.2) is 13.6 Å². The zero-order valence-corrected chi connectivity index (χ0v) is 20.9. The second-order valence-electron chi connectivity index (χ2n) is 8.11. The predicted octanol–water partition coefficient (Wildman–Crippen LogP) is 6.59. The van der Waals surface area contributed by atoms with Crippen LogP contribution in [-0.4, -0.2) is 26.2 Å². The molecule has 0 fully saturated rings. The molecule has 0 spiro atoms. The fourth-order valence-corrected chi connectivity index (χ4v) is 4.76. The van der Waals surface area contributed by atoms with Gasteiger partial charge in [-0.2, -0.15) is 0 Å². The van der Waals surface area contributed by atoms with E-state index < -0.39 is 35.2 Å². The zero-order valence-electron chi connectivity index (χ0n) is 20.1. The molecule has 190 valence electrons. The van der Waals surface area contributed by atoms with E-state index in [1.165, 1.54) is 25.6 Å². The van der Waals surface area contributed by atoms with E-state index in [2.05, 4.69) is 15.4 Å². The third kappa shape index (κ3) is 6.31. The number of halogens is 2. The molecule has 4 aromatic rings. The lowest BCUT2D eigenvalue weighted by molar-refractivity contribution is 0.0928. The van der Waals surface area contributed by atoms with Gasteiger partial charge in [0.05, 0.1) is 20.3 Å². The number of thiophene rings is 1. The van der Waals surface area contributed by atoms with Crippen molar-refractivity contribution in [3.8, 4) is 16.9 Å². The molecule has 4 rings (SSSR count). The molecule has 2 amide bonds. The van der Waals surface area contributed by atoms with Crippen LogP contribution in [0.15, 0.2) is 78.2 Å². The second-order valence-corrected chi connectivity index (χ2v) is 9.06. The van der Waals surface area contributed by atoms with Crippen molar-refractivity contribution in [2.75, 3.05) is 19.5 Å². The number of hydrogen-bond donors (Lipinski definition) is 2. The SMILES string of the molecule is COC(=O)Nc1ccc(-c2csc([C@H](Cc3ccccc3)NC(=O)c3c(F)cc(OC)cc3F)c2)cc1. The summed E-state index contributed by atoms with van der Waals surface area (Å²) in [4.78, 5) is 25.2. The minimum absolute atomic E-state index is 0.0110. The number of rotatable bonds is 8. The van der Waals surface area contributed by atoms with E-state index in [1.54, 1.807) is 12.1 Å². The Balaban J connectivity index is 1.60. The Morgan fingerprint density at radius 1 is 0.919 bits per heavy atom. The summed E-state index contributed by atoms with van der Waals surface area (Å²) in [6.45, 7) is 0. The summed E-state index contributed by atoms with van der Waals surface area (Å²) in [6, 6.07) is 20.1. The fraction of sp³-hybridized carbons (Fsp3) is 0.143. The van der Waals surface area contributed by atoms with Gasteiger partial charge in [0.2, 0.25) is 0 Å². The van der Waals surface area contributed by atoms with Crippen molar-refractivity contribution in [2.45, 2.75) is 12.5 Å². The van der Waals surface area contributed by atoms with Gasteiger partial charge in [-0.3, -0.25) is 10.1 Å². The molecule has 3 aromatic carbocycles. The van der Waals surface area contributed by atoms with Gasteiger partial charge in [-0.05, 0) is 46.7 Å². The molecule has 9 heteroatoms. The lowest BCUT2D eigenvalue weighted by Crippen LogP contribution is -2.31. The monoisotopic (exact) mass is 522 g/mol.